The van der Waals surface area contributed by atoms with Gasteiger partial charge in [0.1, 0.15) is 13.2 Å². The number of hydrogen-bond donors (Lipinski definition) is 2. The van der Waals surface area contributed by atoms with Crippen LogP contribution in [0.2, 0.25) is 0 Å². The number of anilines is 1. The van der Waals surface area contributed by atoms with Crippen molar-refractivity contribution in [3.63, 3.8) is 0 Å². The van der Waals surface area contributed by atoms with Gasteiger partial charge in [0.2, 0.25) is 5.91 Å². The molecule has 1 aromatic rings. The van der Waals surface area contributed by atoms with E-state index < -0.39 is 0 Å². The van der Waals surface area contributed by atoms with Crippen LogP contribution in [0.5, 0.6) is 11.5 Å². The average molecular weight is 276 g/mol. The van der Waals surface area contributed by atoms with E-state index in [9.17, 15) is 4.79 Å². The van der Waals surface area contributed by atoms with E-state index in [-0.39, 0.29) is 11.8 Å². The Hall–Kier alpha value is -1.75. The molecule has 1 saturated carbocycles. The highest BCUT2D eigenvalue weighted by Gasteiger charge is 2.32. The summed E-state index contributed by atoms with van der Waals surface area (Å²) >= 11 is 0. The number of nitrogens with one attached hydrogen (secondary N) is 1. The molecule has 108 valence electrons. The second kappa shape index (κ2) is 5.71. The lowest BCUT2D eigenvalue weighted by Crippen LogP contribution is -2.29. The van der Waals surface area contributed by atoms with Gasteiger partial charge in [-0.25, -0.2) is 0 Å². The van der Waals surface area contributed by atoms with Gasteiger partial charge in [-0.3, -0.25) is 4.79 Å². The molecule has 5 nitrogen and oxygen atoms in total. The fourth-order valence-corrected chi connectivity index (χ4v) is 3.02. The van der Waals surface area contributed by atoms with E-state index in [1.807, 2.05) is 18.2 Å². The van der Waals surface area contributed by atoms with Gasteiger partial charge in [-0.2, -0.15) is 0 Å². The fourth-order valence-electron chi connectivity index (χ4n) is 3.02. The number of benzene rings is 1. The third-order valence-electron chi connectivity index (χ3n) is 4.11. The summed E-state index contributed by atoms with van der Waals surface area (Å²) in [6, 6.07) is 5.50. The number of fused-ring (bicyclic) bond motifs is 1. The van der Waals surface area contributed by atoms with Gasteiger partial charge in [-0.15, -0.1) is 0 Å². The van der Waals surface area contributed by atoms with Gasteiger partial charge < -0.3 is 20.5 Å². The van der Waals surface area contributed by atoms with Crippen molar-refractivity contribution >= 4 is 11.6 Å². The first-order chi connectivity index (χ1) is 9.78. The third kappa shape index (κ3) is 2.58. The van der Waals surface area contributed by atoms with Gasteiger partial charge in [0.25, 0.3) is 0 Å². The quantitative estimate of drug-likeness (QED) is 0.882. The largest absolute Gasteiger partial charge is 0.486 e. The molecule has 5 heteroatoms. The topological polar surface area (TPSA) is 73.6 Å². The second-order valence-electron chi connectivity index (χ2n) is 5.38. The molecule has 2 aliphatic rings. The lowest BCUT2D eigenvalue weighted by Gasteiger charge is -2.20. The van der Waals surface area contributed by atoms with Crippen LogP contribution < -0.4 is 20.5 Å². The van der Waals surface area contributed by atoms with Gasteiger partial charge in [0.05, 0.1) is 0 Å². The summed E-state index contributed by atoms with van der Waals surface area (Å²) in [5.41, 5.74) is 6.48. The number of nitrogens with two attached hydrogens (primary N) is 1. The zero-order valence-electron chi connectivity index (χ0n) is 11.4. The molecule has 1 aliphatic heterocycles. The van der Waals surface area contributed by atoms with E-state index in [1.165, 1.54) is 0 Å². The molecule has 2 atom stereocenters. The molecule has 3 rings (SSSR count). The summed E-state index contributed by atoms with van der Waals surface area (Å²) < 4.78 is 11.0. The van der Waals surface area contributed by atoms with E-state index >= 15 is 0 Å². The maximum absolute atomic E-state index is 12.3. The van der Waals surface area contributed by atoms with Crippen molar-refractivity contribution < 1.29 is 14.3 Å². The molecule has 0 aromatic heterocycles. The third-order valence-corrected chi connectivity index (χ3v) is 4.11. The Bertz CT molecular complexity index is 504. The fraction of sp³-hybridized carbons (Fsp3) is 0.533. The molecule has 1 heterocycles. The first kappa shape index (κ1) is 13.2. The highest BCUT2D eigenvalue weighted by Crippen LogP contribution is 2.34. The molecule has 0 saturated heterocycles. The molecule has 0 bridgehead atoms. The maximum atomic E-state index is 12.3. The van der Waals surface area contributed by atoms with Gasteiger partial charge >= 0.3 is 0 Å². The zero-order chi connectivity index (χ0) is 13.9. The molecule has 0 radical (unpaired) electrons. The van der Waals surface area contributed by atoms with Crippen molar-refractivity contribution in [1.82, 2.24) is 0 Å². The van der Waals surface area contributed by atoms with Crippen molar-refractivity contribution in [3.05, 3.63) is 18.2 Å². The van der Waals surface area contributed by atoms with E-state index in [4.69, 9.17) is 15.2 Å². The number of amides is 1. The molecular weight excluding hydrogens is 256 g/mol. The molecule has 1 aliphatic carbocycles. The van der Waals surface area contributed by atoms with E-state index in [1.54, 1.807) is 0 Å². The lowest BCUT2D eigenvalue weighted by atomic mass is 9.95. The van der Waals surface area contributed by atoms with E-state index in [0.717, 1.165) is 30.7 Å². The summed E-state index contributed by atoms with van der Waals surface area (Å²) in [5, 5.41) is 2.97. The van der Waals surface area contributed by atoms with Crippen LogP contribution in [-0.2, 0) is 4.79 Å². The van der Waals surface area contributed by atoms with Crippen molar-refractivity contribution in [2.75, 3.05) is 25.1 Å². The minimum atomic E-state index is 0.0354. The first-order valence-electron chi connectivity index (χ1n) is 7.18. The van der Waals surface area contributed by atoms with Crippen LogP contribution >= 0.6 is 0 Å². The average Bonchev–Trinajstić information content (AvgIpc) is 2.95. The molecule has 2 unspecified atom stereocenters. The Balaban J connectivity index is 1.69. The standard InChI is InChI=1S/C15H20N2O3/c16-9-10-2-1-3-12(10)15(18)17-11-4-5-13-14(8-11)20-7-6-19-13/h4-5,8,10,12H,1-3,6-7,9,16H2,(H,17,18). The van der Waals surface area contributed by atoms with Crippen LogP contribution in [-0.4, -0.2) is 25.7 Å². The minimum absolute atomic E-state index is 0.0354. The predicted molar refractivity (Wildman–Crippen MR) is 75.9 cm³/mol. The Kier molecular flexibility index (Phi) is 3.78. The van der Waals surface area contributed by atoms with Crippen LogP contribution in [0.3, 0.4) is 0 Å². The Morgan fingerprint density at radius 3 is 2.85 bits per heavy atom. The second-order valence-corrected chi connectivity index (χ2v) is 5.38. The summed E-state index contributed by atoms with van der Waals surface area (Å²) in [5.74, 6) is 1.83. The predicted octanol–water partition coefficient (Wildman–Crippen LogP) is 1.77. The normalized spacial score (nSPS) is 24.4. The number of ether oxygens (including phenoxy) is 2. The van der Waals surface area contributed by atoms with Crippen molar-refractivity contribution in [2.24, 2.45) is 17.6 Å². The molecule has 1 fully saturated rings. The highest BCUT2D eigenvalue weighted by molar-refractivity contribution is 5.93. The lowest BCUT2D eigenvalue weighted by molar-refractivity contribution is -0.120. The number of hydrogen-bond acceptors (Lipinski definition) is 4. The Morgan fingerprint density at radius 1 is 1.25 bits per heavy atom. The first-order valence-corrected chi connectivity index (χ1v) is 7.18. The van der Waals surface area contributed by atoms with Crippen molar-refractivity contribution in [2.45, 2.75) is 19.3 Å². The van der Waals surface area contributed by atoms with Crippen molar-refractivity contribution in [1.29, 1.82) is 0 Å². The Morgan fingerprint density at radius 2 is 2.05 bits per heavy atom. The summed E-state index contributed by atoms with van der Waals surface area (Å²) in [4.78, 5) is 12.3. The van der Waals surface area contributed by atoms with Gasteiger partial charge in [-0.1, -0.05) is 6.42 Å². The van der Waals surface area contributed by atoms with Gasteiger partial charge in [0, 0.05) is 17.7 Å². The summed E-state index contributed by atoms with van der Waals surface area (Å²) in [6.07, 6.45) is 3.06. The summed E-state index contributed by atoms with van der Waals surface area (Å²) in [6.45, 7) is 1.69. The monoisotopic (exact) mass is 276 g/mol. The smallest absolute Gasteiger partial charge is 0.227 e. The van der Waals surface area contributed by atoms with Crippen LogP contribution in [0, 0.1) is 11.8 Å². The minimum Gasteiger partial charge on any atom is -0.486 e. The SMILES string of the molecule is NCC1CCCC1C(=O)Nc1ccc2c(c1)OCCO2. The molecule has 20 heavy (non-hydrogen) atoms. The van der Waals surface area contributed by atoms with E-state index in [2.05, 4.69) is 5.32 Å². The number of rotatable bonds is 3. The molecule has 3 N–H and O–H groups in total. The maximum Gasteiger partial charge on any atom is 0.227 e. The molecular formula is C15H20N2O3. The van der Waals surface area contributed by atoms with Crippen LogP contribution in [0.4, 0.5) is 5.69 Å². The van der Waals surface area contributed by atoms with E-state index in [0.29, 0.717) is 31.4 Å². The highest BCUT2D eigenvalue weighted by atomic mass is 16.6. The zero-order valence-corrected chi connectivity index (χ0v) is 11.4. The van der Waals surface area contributed by atoms with Crippen LogP contribution in [0.25, 0.3) is 0 Å². The Labute approximate surface area is 118 Å². The number of carbonyl (C=O) groups is 1. The van der Waals surface area contributed by atoms with Gasteiger partial charge in [-0.05, 0) is 37.4 Å². The van der Waals surface area contributed by atoms with Gasteiger partial charge in [0.15, 0.2) is 11.5 Å². The molecule has 0 spiro atoms. The summed E-state index contributed by atoms with van der Waals surface area (Å²) in [7, 11) is 0. The van der Waals surface area contributed by atoms with Crippen molar-refractivity contribution in [3.8, 4) is 11.5 Å². The van der Waals surface area contributed by atoms with Crippen LogP contribution in [0.1, 0.15) is 19.3 Å². The molecule has 1 amide bonds. The van der Waals surface area contributed by atoms with Crippen LogP contribution in [0.15, 0.2) is 18.2 Å². The number of carbonyl (C=O) groups excluding carboxylic acids is 1. The molecule has 1 aromatic carbocycles.